The van der Waals surface area contributed by atoms with Gasteiger partial charge in [0.05, 0.1) is 12.7 Å². The summed E-state index contributed by atoms with van der Waals surface area (Å²) in [7, 11) is 1.63. The van der Waals surface area contributed by atoms with E-state index >= 15 is 0 Å². The van der Waals surface area contributed by atoms with Crippen molar-refractivity contribution in [3.63, 3.8) is 0 Å². The summed E-state index contributed by atoms with van der Waals surface area (Å²) in [6.45, 7) is 4.90. The number of hydrogen-bond donors (Lipinski definition) is 1. The number of Topliss-reactive ketones (excluding diaryl/α,β-unsaturated/α-hetero) is 1. The van der Waals surface area contributed by atoms with Crippen LogP contribution in [0, 0.1) is 34.5 Å². The third-order valence-corrected chi connectivity index (χ3v) is 10.0. The fourth-order valence-electron chi connectivity index (χ4n) is 8.23. The lowest BCUT2D eigenvalue weighted by Gasteiger charge is -2.59. The summed E-state index contributed by atoms with van der Waals surface area (Å²) in [5.74, 6) is 3.74. The van der Waals surface area contributed by atoms with Crippen molar-refractivity contribution in [2.75, 3.05) is 7.11 Å². The van der Waals surface area contributed by atoms with Crippen LogP contribution in [-0.4, -0.2) is 24.8 Å². The molecule has 172 valence electrons. The molecule has 4 heteroatoms. The molecule has 4 aliphatic rings. The quantitative estimate of drug-likeness (QED) is 0.615. The number of rotatable bonds is 5. The van der Waals surface area contributed by atoms with Crippen LogP contribution < -0.4 is 10.1 Å². The highest BCUT2D eigenvalue weighted by Crippen LogP contribution is 2.65. The minimum Gasteiger partial charge on any atom is -0.496 e. The zero-order chi connectivity index (χ0) is 22.5. The molecule has 3 saturated carbocycles. The minimum absolute atomic E-state index is 0.0761. The largest absolute Gasteiger partial charge is 0.496 e. The lowest BCUT2D eigenvalue weighted by molar-refractivity contribution is -0.122. The molecule has 1 amide bonds. The third-order valence-electron chi connectivity index (χ3n) is 10.0. The Morgan fingerprint density at radius 1 is 1.09 bits per heavy atom. The molecule has 3 aliphatic carbocycles. The maximum Gasteiger partial charge on any atom is 0.243 e. The Labute approximate surface area is 192 Å². The van der Waals surface area contributed by atoms with Crippen molar-refractivity contribution < 1.29 is 14.3 Å². The predicted molar refractivity (Wildman–Crippen MR) is 126 cm³/mol. The van der Waals surface area contributed by atoms with Crippen molar-refractivity contribution in [2.24, 2.45) is 34.5 Å². The Morgan fingerprint density at radius 2 is 1.91 bits per heavy atom. The van der Waals surface area contributed by atoms with E-state index in [0.29, 0.717) is 35.5 Å². The van der Waals surface area contributed by atoms with E-state index < -0.39 is 0 Å². The van der Waals surface area contributed by atoms with E-state index in [1.807, 2.05) is 24.3 Å². The highest BCUT2D eigenvalue weighted by atomic mass is 16.5. The summed E-state index contributed by atoms with van der Waals surface area (Å²) in [6.07, 6.45) is 12.9. The van der Waals surface area contributed by atoms with Gasteiger partial charge >= 0.3 is 0 Å². The van der Waals surface area contributed by atoms with E-state index in [-0.39, 0.29) is 17.1 Å². The van der Waals surface area contributed by atoms with Crippen molar-refractivity contribution in [3.8, 4) is 5.75 Å². The molecule has 1 aromatic carbocycles. The number of fused-ring (bicyclic) bond motifs is 5. The zero-order valence-corrected chi connectivity index (χ0v) is 19.7. The fourth-order valence-corrected chi connectivity index (χ4v) is 8.23. The number of benzene rings is 1. The Morgan fingerprint density at radius 3 is 2.72 bits per heavy atom. The van der Waals surface area contributed by atoms with Crippen LogP contribution in [0.3, 0.4) is 0 Å². The second kappa shape index (κ2) is 8.04. The standard InChI is InChI=1S/C28H37NO3/c1-27-16-14-22-19(10-13-25-28(22,2)17-15-26(31)29-25)21(27)11-8-18(27)9-12-23(30)20-6-4-5-7-24(20)32-3/h4-7,15,17-19,21-22,25H,8-14,16H2,1-3H3,(H,29,31)/t18-,19+,21+,22+,25-,27-,28-/m1/s1. The number of carbonyl (C=O) groups excluding carboxylic acids is 2. The van der Waals surface area contributed by atoms with Crippen molar-refractivity contribution in [3.05, 3.63) is 42.0 Å². The van der Waals surface area contributed by atoms with Gasteiger partial charge in [-0.3, -0.25) is 9.59 Å². The molecule has 0 bridgehead atoms. The summed E-state index contributed by atoms with van der Waals surface area (Å²) >= 11 is 0. The van der Waals surface area contributed by atoms with E-state index in [1.165, 1.54) is 32.1 Å². The number of para-hydroxylation sites is 1. The monoisotopic (exact) mass is 435 g/mol. The SMILES string of the molecule is COc1ccccc1C(=O)CC[C@H]1CC[C@H]2[C@@H]3CC[C@H]4NC(=O)C=C[C@]4(C)[C@H]3CC[C@]12C. The lowest BCUT2D eigenvalue weighted by atomic mass is 9.48. The van der Waals surface area contributed by atoms with Gasteiger partial charge in [-0.1, -0.05) is 32.1 Å². The van der Waals surface area contributed by atoms with Crippen LogP contribution in [0.15, 0.2) is 36.4 Å². The van der Waals surface area contributed by atoms with E-state index in [4.69, 9.17) is 4.74 Å². The minimum atomic E-state index is 0.0761. The molecule has 3 fully saturated rings. The molecule has 0 saturated heterocycles. The molecule has 1 aliphatic heterocycles. The van der Waals surface area contributed by atoms with Gasteiger partial charge < -0.3 is 10.1 Å². The van der Waals surface area contributed by atoms with Gasteiger partial charge in [0.25, 0.3) is 0 Å². The number of nitrogens with one attached hydrogen (secondary N) is 1. The van der Waals surface area contributed by atoms with Crippen LogP contribution in [0.4, 0.5) is 0 Å². The van der Waals surface area contributed by atoms with Crippen LogP contribution >= 0.6 is 0 Å². The third kappa shape index (κ3) is 3.33. The van der Waals surface area contributed by atoms with Gasteiger partial charge in [-0.25, -0.2) is 0 Å². The van der Waals surface area contributed by atoms with Gasteiger partial charge in [0.1, 0.15) is 5.75 Å². The van der Waals surface area contributed by atoms with E-state index in [9.17, 15) is 9.59 Å². The fraction of sp³-hybridized carbons (Fsp3) is 0.643. The smallest absolute Gasteiger partial charge is 0.243 e. The Hall–Kier alpha value is -2.10. The average Bonchev–Trinajstić information content (AvgIpc) is 3.14. The van der Waals surface area contributed by atoms with Gasteiger partial charge in [0, 0.05) is 17.9 Å². The molecule has 5 rings (SSSR count). The summed E-state index contributed by atoms with van der Waals surface area (Å²) in [5.41, 5.74) is 1.15. The maximum absolute atomic E-state index is 13.0. The molecule has 1 heterocycles. The zero-order valence-electron chi connectivity index (χ0n) is 19.7. The van der Waals surface area contributed by atoms with Crippen LogP contribution in [0.2, 0.25) is 0 Å². The number of methoxy groups -OCH3 is 1. The second-order valence-electron chi connectivity index (χ2n) is 11.2. The van der Waals surface area contributed by atoms with Crippen LogP contribution in [0.5, 0.6) is 5.75 Å². The van der Waals surface area contributed by atoms with Gasteiger partial charge in [-0.15, -0.1) is 0 Å². The summed E-state index contributed by atoms with van der Waals surface area (Å²) in [6, 6.07) is 7.89. The predicted octanol–water partition coefficient (Wildman–Crippen LogP) is 5.57. The highest BCUT2D eigenvalue weighted by Gasteiger charge is 2.59. The van der Waals surface area contributed by atoms with Crippen LogP contribution in [0.25, 0.3) is 0 Å². The normalized spacial score (nSPS) is 40.1. The number of ether oxygens (including phenoxy) is 1. The van der Waals surface area contributed by atoms with Crippen LogP contribution in [-0.2, 0) is 4.79 Å². The average molecular weight is 436 g/mol. The van der Waals surface area contributed by atoms with Crippen molar-refractivity contribution in [2.45, 2.75) is 71.3 Å². The number of ketones is 1. The first kappa shape index (κ1) is 21.7. The van der Waals surface area contributed by atoms with Gasteiger partial charge in [0.15, 0.2) is 5.78 Å². The molecule has 0 aromatic heterocycles. The maximum atomic E-state index is 13.0. The van der Waals surface area contributed by atoms with Gasteiger partial charge in [0.2, 0.25) is 5.91 Å². The molecule has 0 spiro atoms. The lowest BCUT2D eigenvalue weighted by Crippen LogP contribution is -2.59. The van der Waals surface area contributed by atoms with Crippen molar-refractivity contribution in [1.82, 2.24) is 5.32 Å². The van der Waals surface area contributed by atoms with E-state index in [2.05, 4.69) is 25.2 Å². The van der Waals surface area contributed by atoms with E-state index in [1.54, 1.807) is 13.2 Å². The van der Waals surface area contributed by atoms with Gasteiger partial charge in [-0.2, -0.15) is 0 Å². The summed E-state index contributed by atoms with van der Waals surface area (Å²) in [5, 5.41) is 3.25. The second-order valence-corrected chi connectivity index (χ2v) is 11.2. The molecule has 32 heavy (non-hydrogen) atoms. The molecule has 4 nitrogen and oxygen atoms in total. The Balaban J connectivity index is 1.29. The first-order valence-electron chi connectivity index (χ1n) is 12.5. The molecular weight excluding hydrogens is 398 g/mol. The van der Waals surface area contributed by atoms with Crippen molar-refractivity contribution >= 4 is 11.7 Å². The summed E-state index contributed by atoms with van der Waals surface area (Å²) < 4.78 is 5.41. The molecule has 1 aromatic rings. The summed E-state index contributed by atoms with van der Waals surface area (Å²) in [4.78, 5) is 24.9. The number of hydrogen-bond acceptors (Lipinski definition) is 3. The molecule has 1 N–H and O–H groups in total. The Kier molecular flexibility index (Phi) is 5.46. The highest BCUT2D eigenvalue weighted by molar-refractivity contribution is 5.98. The first-order valence-corrected chi connectivity index (χ1v) is 12.5. The first-order chi connectivity index (χ1) is 15.4. The molecule has 7 atom stereocenters. The topological polar surface area (TPSA) is 55.4 Å². The molecule has 0 radical (unpaired) electrons. The number of amides is 1. The molecule has 0 unspecified atom stereocenters. The Bertz CT molecular complexity index is 938. The van der Waals surface area contributed by atoms with Crippen molar-refractivity contribution in [1.29, 1.82) is 0 Å². The number of carbonyl (C=O) groups is 2. The van der Waals surface area contributed by atoms with Gasteiger partial charge in [-0.05, 0) is 92.2 Å². The van der Waals surface area contributed by atoms with E-state index in [0.717, 1.165) is 30.2 Å². The molecular formula is C28H37NO3. The van der Waals surface area contributed by atoms with Crippen LogP contribution in [0.1, 0.15) is 75.6 Å².